The van der Waals surface area contributed by atoms with E-state index in [0.717, 1.165) is 16.7 Å². The lowest BCUT2D eigenvalue weighted by Crippen LogP contribution is -2.24. The summed E-state index contributed by atoms with van der Waals surface area (Å²) in [5, 5.41) is 2.41. The monoisotopic (exact) mass is 316 g/mol. The van der Waals surface area contributed by atoms with Gasteiger partial charge in [0.2, 0.25) is 0 Å². The van der Waals surface area contributed by atoms with E-state index in [9.17, 15) is 4.79 Å². The second-order valence-electron chi connectivity index (χ2n) is 7.37. The quantitative estimate of drug-likeness (QED) is 0.554. The van der Waals surface area contributed by atoms with Crippen molar-refractivity contribution in [2.24, 2.45) is 5.41 Å². The second-order valence-corrected chi connectivity index (χ2v) is 7.37. The van der Waals surface area contributed by atoms with Crippen molar-refractivity contribution in [3.05, 3.63) is 71.8 Å². The maximum absolute atomic E-state index is 12.5. The summed E-state index contributed by atoms with van der Waals surface area (Å²) in [5.74, 6) is -0.177. The molecule has 0 saturated carbocycles. The van der Waals surface area contributed by atoms with Crippen molar-refractivity contribution in [1.29, 1.82) is 0 Å². The fourth-order valence-electron chi connectivity index (χ4n) is 3.34. The van der Waals surface area contributed by atoms with Crippen molar-refractivity contribution in [3.8, 4) is 11.1 Å². The normalized spacial score (nSPS) is 15.9. The number of ether oxygens (including phenoxy) is 1. The smallest absolute Gasteiger partial charge is 0.312 e. The Morgan fingerprint density at radius 3 is 2.38 bits per heavy atom. The Kier molecular flexibility index (Phi) is 3.24. The van der Waals surface area contributed by atoms with E-state index in [1.165, 1.54) is 16.3 Å². The van der Waals surface area contributed by atoms with E-state index in [1.807, 2.05) is 39.0 Å². The van der Waals surface area contributed by atoms with Gasteiger partial charge in [-0.3, -0.25) is 4.79 Å². The molecular weight excluding hydrogens is 296 g/mol. The molecular formula is C22H20O2. The maximum Gasteiger partial charge on any atom is 0.312 e. The molecule has 0 fully saturated rings. The Balaban J connectivity index is 1.93. The third-order valence-corrected chi connectivity index (χ3v) is 4.59. The van der Waals surface area contributed by atoms with Crippen LogP contribution in [0.1, 0.15) is 38.0 Å². The molecule has 4 rings (SSSR count). The number of fused-ring (bicyclic) bond motifs is 5. The molecule has 0 N–H and O–H groups in total. The van der Waals surface area contributed by atoms with Crippen LogP contribution in [0.15, 0.2) is 60.7 Å². The van der Waals surface area contributed by atoms with Crippen LogP contribution in [-0.2, 0) is 9.53 Å². The zero-order valence-electron chi connectivity index (χ0n) is 14.2. The fraction of sp³-hybridized carbons (Fsp3) is 0.227. The molecule has 120 valence electrons. The van der Waals surface area contributed by atoms with Gasteiger partial charge >= 0.3 is 5.97 Å². The highest BCUT2D eigenvalue weighted by Crippen LogP contribution is 2.48. The molecule has 2 heteroatoms. The summed E-state index contributed by atoms with van der Waals surface area (Å²) in [6.45, 7) is 5.66. The van der Waals surface area contributed by atoms with Crippen LogP contribution in [0.4, 0.5) is 0 Å². The van der Waals surface area contributed by atoms with Gasteiger partial charge in [0.25, 0.3) is 0 Å². The zero-order valence-corrected chi connectivity index (χ0v) is 14.2. The average Bonchev–Trinajstić information content (AvgIpc) is 2.89. The Hall–Kier alpha value is -2.61. The number of carbonyl (C=O) groups is 1. The number of hydrogen-bond donors (Lipinski definition) is 0. The van der Waals surface area contributed by atoms with E-state index in [1.54, 1.807) is 0 Å². The Bertz CT molecular complexity index is 948. The first kappa shape index (κ1) is 14.9. The van der Waals surface area contributed by atoms with Crippen LogP contribution in [0, 0.1) is 5.41 Å². The van der Waals surface area contributed by atoms with Gasteiger partial charge in [0.05, 0.1) is 5.41 Å². The molecule has 0 aliphatic heterocycles. The molecule has 1 atom stereocenters. The van der Waals surface area contributed by atoms with Crippen LogP contribution in [0.2, 0.25) is 0 Å². The van der Waals surface area contributed by atoms with Crippen molar-refractivity contribution >= 4 is 16.7 Å². The molecule has 1 aliphatic rings. The summed E-state index contributed by atoms with van der Waals surface area (Å²) < 4.78 is 5.94. The third-order valence-electron chi connectivity index (χ3n) is 4.59. The first-order valence-electron chi connectivity index (χ1n) is 8.29. The molecule has 0 bridgehead atoms. The minimum Gasteiger partial charge on any atom is -0.452 e. The molecule has 0 radical (unpaired) electrons. The summed E-state index contributed by atoms with van der Waals surface area (Å²) in [6.07, 6.45) is -0.326. The SMILES string of the molecule is CC(C)(C)C(=O)OC1c2ccccc2-c2c1ccc1ccccc21. The topological polar surface area (TPSA) is 26.3 Å². The molecule has 3 aromatic rings. The zero-order chi connectivity index (χ0) is 16.9. The molecule has 1 unspecified atom stereocenters. The van der Waals surface area contributed by atoms with Gasteiger partial charge in [-0.2, -0.15) is 0 Å². The standard InChI is InChI=1S/C22H20O2/c1-22(2,3)21(23)24-20-17-11-7-6-10-16(17)19-15-9-5-4-8-14(15)12-13-18(19)20/h4-13,20H,1-3H3. The predicted molar refractivity (Wildman–Crippen MR) is 96.8 cm³/mol. The van der Waals surface area contributed by atoms with Gasteiger partial charge in [-0.25, -0.2) is 0 Å². The Morgan fingerprint density at radius 2 is 1.58 bits per heavy atom. The van der Waals surface area contributed by atoms with Crippen molar-refractivity contribution in [3.63, 3.8) is 0 Å². The van der Waals surface area contributed by atoms with E-state index >= 15 is 0 Å². The van der Waals surface area contributed by atoms with Gasteiger partial charge in [0.1, 0.15) is 0 Å². The number of rotatable bonds is 1. The third kappa shape index (κ3) is 2.22. The number of benzene rings is 3. The Morgan fingerprint density at radius 1 is 0.875 bits per heavy atom. The van der Waals surface area contributed by atoms with E-state index in [-0.39, 0.29) is 12.1 Å². The van der Waals surface area contributed by atoms with Crippen molar-refractivity contribution in [2.75, 3.05) is 0 Å². The van der Waals surface area contributed by atoms with Gasteiger partial charge in [-0.05, 0) is 42.7 Å². The number of esters is 1. The minimum absolute atomic E-state index is 0.177. The van der Waals surface area contributed by atoms with Gasteiger partial charge in [0.15, 0.2) is 6.10 Å². The minimum atomic E-state index is -0.519. The lowest BCUT2D eigenvalue weighted by molar-refractivity contribution is -0.156. The van der Waals surface area contributed by atoms with Gasteiger partial charge in [-0.1, -0.05) is 60.7 Å². The summed E-state index contributed by atoms with van der Waals surface area (Å²) in [5.41, 5.74) is 3.98. The van der Waals surface area contributed by atoms with Crippen LogP contribution >= 0.6 is 0 Å². The van der Waals surface area contributed by atoms with Crippen molar-refractivity contribution in [1.82, 2.24) is 0 Å². The number of carbonyl (C=O) groups excluding carboxylic acids is 1. The lowest BCUT2D eigenvalue weighted by Gasteiger charge is -2.22. The van der Waals surface area contributed by atoms with Gasteiger partial charge in [0, 0.05) is 11.1 Å². The first-order chi connectivity index (χ1) is 11.5. The van der Waals surface area contributed by atoms with Crippen LogP contribution in [-0.4, -0.2) is 5.97 Å². The molecule has 1 aliphatic carbocycles. The molecule has 2 nitrogen and oxygen atoms in total. The van der Waals surface area contributed by atoms with E-state index in [2.05, 4.69) is 42.5 Å². The summed E-state index contributed by atoms with van der Waals surface area (Å²) >= 11 is 0. The Labute approximate surface area is 142 Å². The molecule has 0 aromatic heterocycles. The molecule has 0 amide bonds. The average molecular weight is 316 g/mol. The molecule has 24 heavy (non-hydrogen) atoms. The van der Waals surface area contributed by atoms with E-state index in [4.69, 9.17) is 4.74 Å². The highest BCUT2D eigenvalue weighted by Gasteiger charge is 2.35. The lowest BCUT2D eigenvalue weighted by atomic mass is 9.96. The van der Waals surface area contributed by atoms with Crippen LogP contribution < -0.4 is 0 Å². The first-order valence-corrected chi connectivity index (χ1v) is 8.29. The van der Waals surface area contributed by atoms with Crippen LogP contribution in [0.3, 0.4) is 0 Å². The second kappa shape index (κ2) is 5.20. The van der Waals surface area contributed by atoms with E-state index < -0.39 is 5.41 Å². The predicted octanol–water partition coefficient (Wildman–Crippen LogP) is 5.50. The van der Waals surface area contributed by atoms with E-state index in [0.29, 0.717) is 0 Å². The molecule has 0 heterocycles. The maximum atomic E-state index is 12.5. The highest BCUT2D eigenvalue weighted by molar-refractivity contribution is 6.01. The highest BCUT2D eigenvalue weighted by atomic mass is 16.5. The fourth-order valence-corrected chi connectivity index (χ4v) is 3.34. The molecule has 3 aromatic carbocycles. The molecule has 0 spiro atoms. The van der Waals surface area contributed by atoms with Crippen LogP contribution in [0.25, 0.3) is 21.9 Å². The van der Waals surface area contributed by atoms with Gasteiger partial charge in [-0.15, -0.1) is 0 Å². The van der Waals surface area contributed by atoms with Gasteiger partial charge < -0.3 is 4.74 Å². The van der Waals surface area contributed by atoms with Crippen molar-refractivity contribution in [2.45, 2.75) is 26.9 Å². The number of hydrogen-bond acceptors (Lipinski definition) is 2. The summed E-state index contributed by atoms with van der Waals surface area (Å²) in [4.78, 5) is 12.5. The summed E-state index contributed by atoms with van der Waals surface area (Å²) in [6, 6.07) is 20.8. The largest absolute Gasteiger partial charge is 0.452 e. The summed E-state index contributed by atoms with van der Waals surface area (Å²) in [7, 11) is 0. The molecule has 0 saturated heterocycles. The van der Waals surface area contributed by atoms with Crippen LogP contribution in [0.5, 0.6) is 0 Å². The van der Waals surface area contributed by atoms with Crippen molar-refractivity contribution < 1.29 is 9.53 Å².